The smallest absolute Gasteiger partial charge is 0.243 e. The first-order valence-corrected chi connectivity index (χ1v) is 10.7. The van der Waals surface area contributed by atoms with E-state index in [0.29, 0.717) is 31.9 Å². The van der Waals surface area contributed by atoms with E-state index in [0.717, 1.165) is 11.1 Å². The first-order valence-electron chi connectivity index (χ1n) is 8.90. The van der Waals surface area contributed by atoms with Crippen molar-refractivity contribution in [2.75, 3.05) is 32.9 Å². The highest BCUT2D eigenvalue weighted by Crippen LogP contribution is 2.29. The van der Waals surface area contributed by atoms with Crippen molar-refractivity contribution in [1.29, 1.82) is 0 Å². The van der Waals surface area contributed by atoms with Crippen molar-refractivity contribution in [3.63, 3.8) is 0 Å². The summed E-state index contributed by atoms with van der Waals surface area (Å²) in [6.07, 6.45) is 0. The number of carbonyl (C=O) groups is 1. The lowest BCUT2D eigenvalue weighted by molar-refractivity contribution is 0.0730. The van der Waals surface area contributed by atoms with E-state index in [2.05, 4.69) is 0 Å². The Balaban J connectivity index is 1.72. The molecule has 0 spiro atoms. The molecule has 6 nitrogen and oxygen atoms in total. The number of ether oxygens (including phenoxy) is 2. The third-order valence-electron chi connectivity index (χ3n) is 4.56. The average molecular weight is 424 g/mol. The quantitative estimate of drug-likeness (QED) is 0.667. The molecule has 1 aliphatic heterocycles. The van der Waals surface area contributed by atoms with Gasteiger partial charge in [0.25, 0.3) is 0 Å². The lowest BCUT2D eigenvalue weighted by Crippen LogP contribution is -2.40. The third kappa shape index (κ3) is 4.55. The minimum Gasteiger partial charge on any atom is -0.484 e. The molecular formula is C20H22ClNO5S. The van der Waals surface area contributed by atoms with Crippen LogP contribution in [0, 0.1) is 13.8 Å². The van der Waals surface area contributed by atoms with Crippen LogP contribution in [-0.2, 0) is 14.8 Å². The predicted molar refractivity (Wildman–Crippen MR) is 107 cm³/mol. The first-order chi connectivity index (χ1) is 13.3. The Hall–Kier alpha value is -1.93. The van der Waals surface area contributed by atoms with Gasteiger partial charge in [-0.15, -0.1) is 0 Å². The van der Waals surface area contributed by atoms with Crippen molar-refractivity contribution in [3.8, 4) is 5.75 Å². The van der Waals surface area contributed by atoms with Crippen LogP contribution in [0.25, 0.3) is 0 Å². The Morgan fingerprint density at radius 3 is 2.54 bits per heavy atom. The van der Waals surface area contributed by atoms with Crippen LogP contribution in [-0.4, -0.2) is 51.4 Å². The molecule has 1 aliphatic rings. The van der Waals surface area contributed by atoms with Crippen LogP contribution < -0.4 is 4.74 Å². The summed E-state index contributed by atoms with van der Waals surface area (Å²) in [5.74, 6) is 0.100. The molecule has 150 valence electrons. The van der Waals surface area contributed by atoms with E-state index in [1.807, 2.05) is 32.0 Å². The Labute approximate surface area is 170 Å². The van der Waals surface area contributed by atoms with Gasteiger partial charge in [0.05, 0.1) is 23.1 Å². The molecule has 1 heterocycles. The van der Waals surface area contributed by atoms with Crippen LogP contribution in [0.3, 0.4) is 0 Å². The van der Waals surface area contributed by atoms with Crippen LogP contribution in [0.1, 0.15) is 21.5 Å². The summed E-state index contributed by atoms with van der Waals surface area (Å²) >= 11 is 6.22. The molecule has 0 amide bonds. The van der Waals surface area contributed by atoms with E-state index in [1.165, 1.54) is 22.5 Å². The number of Topliss-reactive ketones (excluding diaryl/α,β-unsaturated/α-hetero) is 1. The number of nitrogens with zero attached hydrogens (tertiary/aromatic N) is 1. The molecule has 0 atom stereocenters. The average Bonchev–Trinajstić information content (AvgIpc) is 2.69. The SMILES string of the molecule is Cc1ccc(C)c(C(=O)COc2ccc(S(=O)(=O)N3CCOCC3)cc2Cl)c1. The van der Waals surface area contributed by atoms with Crippen LogP contribution >= 0.6 is 11.6 Å². The van der Waals surface area contributed by atoms with Crippen molar-refractivity contribution in [1.82, 2.24) is 4.31 Å². The number of benzene rings is 2. The number of ketones is 1. The van der Waals surface area contributed by atoms with E-state index in [1.54, 1.807) is 0 Å². The van der Waals surface area contributed by atoms with Crippen LogP contribution in [0.4, 0.5) is 0 Å². The highest BCUT2D eigenvalue weighted by molar-refractivity contribution is 7.89. The molecule has 28 heavy (non-hydrogen) atoms. The summed E-state index contributed by atoms with van der Waals surface area (Å²) < 4.78 is 37.5. The van der Waals surface area contributed by atoms with Gasteiger partial charge in [-0.1, -0.05) is 29.3 Å². The maximum Gasteiger partial charge on any atom is 0.243 e. The molecular weight excluding hydrogens is 402 g/mol. The zero-order valence-corrected chi connectivity index (χ0v) is 17.3. The Kier molecular flexibility index (Phi) is 6.40. The summed E-state index contributed by atoms with van der Waals surface area (Å²) in [5, 5.41) is 0.142. The number of morpholine rings is 1. The summed E-state index contributed by atoms with van der Waals surface area (Å²) in [4.78, 5) is 12.5. The zero-order chi connectivity index (χ0) is 20.3. The van der Waals surface area contributed by atoms with Gasteiger partial charge in [-0.05, 0) is 43.7 Å². The summed E-state index contributed by atoms with van der Waals surface area (Å²) in [6.45, 7) is 4.96. The summed E-state index contributed by atoms with van der Waals surface area (Å²) in [7, 11) is -3.64. The van der Waals surface area contributed by atoms with E-state index < -0.39 is 10.0 Å². The van der Waals surface area contributed by atoms with Crippen molar-refractivity contribution in [3.05, 3.63) is 58.1 Å². The van der Waals surface area contributed by atoms with Gasteiger partial charge >= 0.3 is 0 Å². The molecule has 1 saturated heterocycles. The van der Waals surface area contributed by atoms with Gasteiger partial charge in [-0.3, -0.25) is 4.79 Å². The number of halogens is 1. The van der Waals surface area contributed by atoms with Gasteiger partial charge in [0.15, 0.2) is 12.4 Å². The second-order valence-corrected chi connectivity index (χ2v) is 8.98. The van der Waals surface area contributed by atoms with Gasteiger partial charge < -0.3 is 9.47 Å². The number of aryl methyl sites for hydroxylation is 2. The zero-order valence-electron chi connectivity index (χ0n) is 15.8. The molecule has 0 aliphatic carbocycles. The number of hydrogen-bond donors (Lipinski definition) is 0. The first kappa shape index (κ1) is 20.8. The molecule has 1 fully saturated rings. The molecule has 2 aromatic rings. The monoisotopic (exact) mass is 423 g/mol. The fourth-order valence-corrected chi connectivity index (χ4v) is 4.69. The van der Waals surface area contributed by atoms with Crippen molar-refractivity contribution < 1.29 is 22.7 Å². The van der Waals surface area contributed by atoms with Crippen molar-refractivity contribution >= 4 is 27.4 Å². The summed E-state index contributed by atoms with van der Waals surface area (Å²) in [5.41, 5.74) is 2.46. The largest absolute Gasteiger partial charge is 0.484 e. The molecule has 0 N–H and O–H groups in total. The van der Waals surface area contributed by atoms with Gasteiger partial charge in [0, 0.05) is 18.7 Å². The van der Waals surface area contributed by atoms with Crippen LogP contribution in [0.2, 0.25) is 5.02 Å². The third-order valence-corrected chi connectivity index (χ3v) is 6.75. The number of rotatable bonds is 6. The highest BCUT2D eigenvalue weighted by atomic mass is 35.5. The molecule has 0 radical (unpaired) electrons. The lowest BCUT2D eigenvalue weighted by Gasteiger charge is -2.26. The standard InChI is InChI=1S/C20H22ClNO5S/c1-14-3-4-15(2)17(11-14)19(23)13-27-20-6-5-16(12-18(20)21)28(24,25)22-7-9-26-10-8-22/h3-6,11-12H,7-10,13H2,1-2H3. The van der Waals surface area contributed by atoms with Gasteiger partial charge in [-0.2, -0.15) is 4.31 Å². The molecule has 0 aromatic heterocycles. The van der Waals surface area contributed by atoms with E-state index in [4.69, 9.17) is 21.1 Å². The highest BCUT2D eigenvalue weighted by Gasteiger charge is 2.27. The molecule has 0 saturated carbocycles. The normalized spacial score (nSPS) is 15.4. The molecule has 3 rings (SSSR count). The molecule has 8 heteroatoms. The Morgan fingerprint density at radius 1 is 1.14 bits per heavy atom. The fourth-order valence-electron chi connectivity index (χ4n) is 2.95. The minimum atomic E-state index is -3.64. The minimum absolute atomic E-state index is 0.0904. The van der Waals surface area contributed by atoms with Crippen LogP contribution in [0.5, 0.6) is 5.75 Å². The van der Waals surface area contributed by atoms with Crippen molar-refractivity contribution in [2.24, 2.45) is 0 Å². The molecule has 2 aromatic carbocycles. The predicted octanol–water partition coefficient (Wildman–Crippen LogP) is 3.24. The van der Waals surface area contributed by atoms with Gasteiger partial charge in [-0.25, -0.2) is 8.42 Å². The number of carbonyl (C=O) groups excluding carboxylic acids is 1. The number of hydrogen-bond acceptors (Lipinski definition) is 5. The Morgan fingerprint density at radius 2 is 1.86 bits per heavy atom. The maximum absolute atomic E-state index is 12.7. The Bertz CT molecular complexity index is 984. The van der Waals surface area contributed by atoms with E-state index >= 15 is 0 Å². The van der Waals surface area contributed by atoms with Gasteiger partial charge in [0.1, 0.15) is 5.75 Å². The fraction of sp³-hybridized carbons (Fsp3) is 0.350. The number of sulfonamides is 1. The molecule has 0 bridgehead atoms. The second-order valence-electron chi connectivity index (χ2n) is 6.64. The lowest BCUT2D eigenvalue weighted by atomic mass is 10.0. The second kappa shape index (κ2) is 8.61. The van der Waals surface area contributed by atoms with E-state index in [9.17, 15) is 13.2 Å². The maximum atomic E-state index is 12.7. The van der Waals surface area contributed by atoms with E-state index in [-0.39, 0.29) is 28.1 Å². The topological polar surface area (TPSA) is 72.9 Å². The summed E-state index contributed by atoms with van der Waals surface area (Å²) in [6, 6.07) is 9.92. The van der Waals surface area contributed by atoms with Crippen molar-refractivity contribution in [2.45, 2.75) is 18.7 Å². The van der Waals surface area contributed by atoms with Crippen LogP contribution in [0.15, 0.2) is 41.3 Å². The van der Waals surface area contributed by atoms with Gasteiger partial charge in [0.2, 0.25) is 10.0 Å². The molecule has 0 unspecified atom stereocenters.